The lowest BCUT2D eigenvalue weighted by Crippen LogP contribution is -2.39. The quantitative estimate of drug-likeness (QED) is 0.540. The summed E-state index contributed by atoms with van der Waals surface area (Å²) in [5, 5.41) is 11.0. The van der Waals surface area contributed by atoms with Crippen molar-refractivity contribution in [3.8, 4) is 11.5 Å². The van der Waals surface area contributed by atoms with Gasteiger partial charge >= 0.3 is 0 Å². The average molecular weight is 386 g/mol. The third-order valence-corrected chi connectivity index (χ3v) is 4.72. The summed E-state index contributed by atoms with van der Waals surface area (Å²) < 4.78 is 13.7. The molecule has 2 aromatic rings. The third-order valence-electron chi connectivity index (χ3n) is 4.72. The van der Waals surface area contributed by atoms with Gasteiger partial charge in [0.25, 0.3) is 0 Å². The highest BCUT2D eigenvalue weighted by atomic mass is 16.5. The summed E-state index contributed by atoms with van der Waals surface area (Å²) in [7, 11) is 1.78. The van der Waals surface area contributed by atoms with Crippen LogP contribution in [0.2, 0.25) is 0 Å². The molecule has 1 aromatic heterocycles. The van der Waals surface area contributed by atoms with Gasteiger partial charge in [0.1, 0.15) is 17.6 Å². The van der Waals surface area contributed by atoms with Crippen molar-refractivity contribution < 1.29 is 9.47 Å². The second-order valence-corrected chi connectivity index (χ2v) is 7.27. The molecule has 0 radical (unpaired) electrons. The minimum absolute atomic E-state index is 0.221. The molecule has 2 heterocycles. The van der Waals surface area contributed by atoms with Crippen molar-refractivity contribution in [3.05, 3.63) is 41.7 Å². The lowest BCUT2D eigenvalue weighted by atomic mass is 10.1. The molecule has 1 aliphatic rings. The second kappa shape index (κ2) is 9.48. The molecule has 0 saturated heterocycles. The van der Waals surface area contributed by atoms with Crippen LogP contribution in [0.15, 0.2) is 35.6 Å². The Balaban J connectivity index is 1.56. The second-order valence-electron chi connectivity index (χ2n) is 7.27. The number of benzene rings is 1. The fourth-order valence-electron chi connectivity index (χ4n) is 3.37. The van der Waals surface area contributed by atoms with E-state index in [1.807, 2.05) is 23.9 Å². The Kier molecular flexibility index (Phi) is 6.79. The third kappa shape index (κ3) is 5.18. The molecule has 0 spiro atoms. The average Bonchev–Trinajstić information content (AvgIpc) is 3.30. The molecule has 2 unspecified atom stereocenters. The van der Waals surface area contributed by atoms with Crippen LogP contribution in [0, 0.1) is 5.92 Å². The van der Waals surface area contributed by atoms with E-state index in [0.717, 1.165) is 42.5 Å². The Morgan fingerprint density at radius 1 is 1.43 bits per heavy atom. The zero-order chi connectivity index (χ0) is 19.9. The van der Waals surface area contributed by atoms with Gasteiger partial charge in [0.2, 0.25) is 0 Å². The SMILES string of the molecule is CCOc1cc2c(cc1CNC(=NC)NCC(C)Cn1cccn1)OC(C)C2. The summed E-state index contributed by atoms with van der Waals surface area (Å²) in [5.41, 5.74) is 2.29. The zero-order valence-corrected chi connectivity index (χ0v) is 17.2. The standard InChI is InChI=1S/C21H31N5O2/c1-5-27-19-10-17-9-16(3)28-20(17)11-18(19)13-24-21(22-4)23-12-15(2)14-26-8-6-7-25-26/h6-8,10-11,15-16H,5,9,12-14H2,1-4H3,(H2,22,23,24). The van der Waals surface area contributed by atoms with Gasteiger partial charge in [0.15, 0.2) is 5.96 Å². The van der Waals surface area contributed by atoms with E-state index in [2.05, 4.69) is 46.7 Å². The van der Waals surface area contributed by atoms with Gasteiger partial charge in [-0.1, -0.05) is 6.92 Å². The number of rotatable bonds is 8. The molecule has 0 fully saturated rings. The zero-order valence-electron chi connectivity index (χ0n) is 17.2. The van der Waals surface area contributed by atoms with Gasteiger partial charge < -0.3 is 20.1 Å². The fourth-order valence-corrected chi connectivity index (χ4v) is 3.37. The fraction of sp³-hybridized carbons (Fsp3) is 0.524. The van der Waals surface area contributed by atoms with Crippen LogP contribution in [0.3, 0.4) is 0 Å². The number of fused-ring (bicyclic) bond motifs is 1. The molecule has 0 amide bonds. The molecule has 0 bridgehead atoms. The Hall–Kier alpha value is -2.70. The van der Waals surface area contributed by atoms with Crippen molar-refractivity contribution in [2.75, 3.05) is 20.2 Å². The van der Waals surface area contributed by atoms with E-state index in [1.165, 1.54) is 5.56 Å². The van der Waals surface area contributed by atoms with Gasteiger partial charge in [-0.25, -0.2) is 0 Å². The van der Waals surface area contributed by atoms with Crippen LogP contribution in [0.25, 0.3) is 0 Å². The molecule has 152 valence electrons. The number of nitrogens with one attached hydrogen (secondary N) is 2. The normalized spacial score (nSPS) is 17.0. The van der Waals surface area contributed by atoms with E-state index < -0.39 is 0 Å². The highest BCUT2D eigenvalue weighted by Gasteiger charge is 2.22. The molecule has 0 aliphatic carbocycles. The first kappa shape index (κ1) is 20.0. The Bertz CT molecular complexity index is 788. The smallest absolute Gasteiger partial charge is 0.191 e. The van der Waals surface area contributed by atoms with Gasteiger partial charge in [0.05, 0.1) is 6.61 Å². The lowest BCUT2D eigenvalue weighted by molar-refractivity contribution is 0.254. The van der Waals surface area contributed by atoms with E-state index in [9.17, 15) is 0 Å². The Morgan fingerprint density at radius 2 is 2.29 bits per heavy atom. The molecule has 28 heavy (non-hydrogen) atoms. The van der Waals surface area contributed by atoms with Gasteiger partial charge in [-0.05, 0) is 38.0 Å². The topological polar surface area (TPSA) is 72.7 Å². The van der Waals surface area contributed by atoms with Crippen molar-refractivity contribution in [2.45, 2.75) is 46.4 Å². The van der Waals surface area contributed by atoms with Gasteiger partial charge in [-0.2, -0.15) is 5.10 Å². The highest BCUT2D eigenvalue weighted by molar-refractivity contribution is 5.79. The molecule has 2 N–H and O–H groups in total. The molecular formula is C21H31N5O2. The molecule has 7 nitrogen and oxygen atoms in total. The van der Waals surface area contributed by atoms with Gasteiger partial charge in [0, 0.05) is 56.6 Å². The van der Waals surface area contributed by atoms with Crippen LogP contribution in [0.1, 0.15) is 31.9 Å². The van der Waals surface area contributed by atoms with Crippen molar-refractivity contribution in [3.63, 3.8) is 0 Å². The van der Waals surface area contributed by atoms with E-state index >= 15 is 0 Å². The summed E-state index contributed by atoms with van der Waals surface area (Å²) in [5.74, 6) is 3.06. The largest absolute Gasteiger partial charge is 0.494 e. The summed E-state index contributed by atoms with van der Waals surface area (Å²) in [6, 6.07) is 6.14. The van der Waals surface area contributed by atoms with Crippen molar-refractivity contribution in [1.29, 1.82) is 0 Å². The predicted molar refractivity (Wildman–Crippen MR) is 111 cm³/mol. The number of hydrogen-bond acceptors (Lipinski definition) is 4. The van der Waals surface area contributed by atoms with E-state index in [1.54, 1.807) is 13.2 Å². The Labute approximate surface area is 167 Å². The lowest BCUT2D eigenvalue weighted by Gasteiger charge is -2.17. The highest BCUT2D eigenvalue weighted by Crippen LogP contribution is 2.35. The minimum Gasteiger partial charge on any atom is -0.494 e. The monoisotopic (exact) mass is 385 g/mol. The van der Waals surface area contributed by atoms with Crippen LogP contribution < -0.4 is 20.1 Å². The van der Waals surface area contributed by atoms with Crippen molar-refractivity contribution in [2.24, 2.45) is 10.9 Å². The first-order valence-corrected chi connectivity index (χ1v) is 9.96. The predicted octanol–water partition coefficient (Wildman–Crippen LogP) is 2.61. The molecule has 1 aliphatic heterocycles. The summed E-state index contributed by atoms with van der Waals surface area (Å²) >= 11 is 0. The van der Waals surface area contributed by atoms with Gasteiger partial charge in [-0.15, -0.1) is 0 Å². The minimum atomic E-state index is 0.221. The molecule has 0 saturated carbocycles. The summed E-state index contributed by atoms with van der Waals surface area (Å²) in [6.45, 7) is 9.22. The number of aliphatic imine (C=N–C) groups is 1. The summed E-state index contributed by atoms with van der Waals surface area (Å²) in [4.78, 5) is 4.33. The number of aromatic nitrogens is 2. The first-order chi connectivity index (χ1) is 13.6. The number of guanidine groups is 1. The Morgan fingerprint density at radius 3 is 3.00 bits per heavy atom. The number of ether oxygens (including phenoxy) is 2. The summed E-state index contributed by atoms with van der Waals surface area (Å²) in [6.07, 6.45) is 4.94. The molecule has 1 aromatic carbocycles. The van der Waals surface area contributed by atoms with Crippen LogP contribution in [-0.2, 0) is 19.5 Å². The first-order valence-electron chi connectivity index (χ1n) is 9.96. The molecule has 3 rings (SSSR count). The molecule has 7 heteroatoms. The van der Waals surface area contributed by atoms with Crippen molar-refractivity contribution in [1.82, 2.24) is 20.4 Å². The maximum absolute atomic E-state index is 5.91. The molecular weight excluding hydrogens is 354 g/mol. The molecule has 2 atom stereocenters. The van der Waals surface area contributed by atoms with E-state index in [0.29, 0.717) is 19.1 Å². The maximum atomic E-state index is 5.91. The van der Waals surface area contributed by atoms with E-state index in [-0.39, 0.29) is 6.10 Å². The number of nitrogens with zero attached hydrogens (tertiary/aromatic N) is 3. The van der Waals surface area contributed by atoms with Crippen LogP contribution in [0.5, 0.6) is 11.5 Å². The van der Waals surface area contributed by atoms with Crippen LogP contribution >= 0.6 is 0 Å². The van der Waals surface area contributed by atoms with Crippen LogP contribution in [0.4, 0.5) is 0 Å². The maximum Gasteiger partial charge on any atom is 0.191 e. The van der Waals surface area contributed by atoms with Crippen LogP contribution in [-0.4, -0.2) is 42.0 Å². The number of hydrogen-bond donors (Lipinski definition) is 2. The van der Waals surface area contributed by atoms with E-state index in [4.69, 9.17) is 9.47 Å². The van der Waals surface area contributed by atoms with Gasteiger partial charge in [-0.3, -0.25) is 9.67 Å². The van der Waals surface area contributed by atoms with Crippen molar-refractivity contribution >= 4 is 5.96 Å².